The van der Waals surface area contributed by atoms with Gasteiger partial charge in [-0.05, 0) is 35.2 Å². The van der Waals surface area contributed by atoms with Crippen molar-refractivity contribution in [1.29, 1.82) is 0 Å². The maximum absolute atomic E-state index is 5.25. The van der Waals surface area contributed by atoms with Crippen LogP contribution in [0.2, 0.25) is 0 Å². The Morgan fingerprint density at radius 2 is 1.42 bits per heavy atom. The van der Waals surface area contributed by atoms with Crippen LogP contribution in [0.4, 0.5) is 0 Å². The Bertz CT molecular complexity index is 758. The van der Waals surface area contributed by atoms with E-state index in [-0.39, 0.29) is 0 Å². The molecule has 3 rings (SSSR count). The Labute approximate surface area is 144 Å². The minimum atomic E-state index is 0.347. The zero-order valence-electron chi connectivity index (χ0n) is 13.9. The molecule has 0 aliphatic heterocycles. The lowest BCUT2D eigenvalue weighted by atomic mass is 9.91. The van der Waals surface area contributed by atoms with E-state index in [4.69, 9.17) is 4.74 Å². The minimum Gasteiger partial charge on any atom is -0.497 e. The van der Waals surface area contributed by atoms with Gasteiger partial charge in [-0.25, -0.2) is 0 Å². The normalized spacial score (nSPS) is 12.2. The van der Waals surface area contributed by atoms with E-state index < -0.39 is 0 Å². The fourth-order valence-corrected chi connectivity index (χ4v) is 2.80. The Balaban J connectivity index is 1.83. The highest BCUT2D eigenvalue weighted by Crippen LogP contribution is 2.24. The van der Waals surface area contributed by atoms with Gasteiger partial charge in [0.25, 0.3) is 0 Å². The van der Waals surface area contributed by atoms with Gasteiger partial charge in [0.05, 0.1) is 7.11 Å². The molecule has 0 heterocycles. The number of allylic oxidation sites excluding steroid dienone is 1. The fourth-order valence-electron chi connectivity index (χ4n) is 2.80. The second kappa shape index (κ2) is 8.16. The molecule has 0 fully saturated rings. The highest BCUT2D eigenvalue weighted by atomic mass is 16.5. The average Bonchev–Trinajstić information content (AvgIpc) is 2.67. The lowest BCUT2D eigenvalue weighted by Crippen LogP contribution is -2.00. The third kappa shape index (κ3) is 4.36. The molecular weight excluding hydrogens is 292 g/mol. The first-order valence-corrected chi connectivity index (χ1v) is 8.26. The van der Waals surface area contributed by atoms with Crippen molar-refractivity contribution in [3.63, 3.8) is 0 Å². The summed E-state index contributed by atoms with van der Waals surface area (Å²) in [6, 6.07) is 29.5. The van der Waals surface area contributed by atoms with Gasteiger partial charge in [0.2, 0.25) is 0 Å². The molecule has 0 saturated heterocycles. The summed E-state index contributed by atoms with van der Waals surface area (Å²) in [4.78, 5) is 0. The summed E-state index contributed by atoms with van der Waals surface area (Å²) in [6.07, 6.45) is 5.48. The van der Waals surface area contributed by atoms with Crippen molar-refractivity contribution in [2.45, 2.75) is 12.3 Å². The van der Waals surface area contributed by atoms with Crippen LogP contribution in [0.15, 0.2) is 91.0 Å². The highest BCUT2D eigenvalue weighted by Gasteiger charge is 2.09. The highest BCUT2D eigenvalue weighted by molar-refractivity contribution is 5.51. The van der Waals surface area contributed by atoms with Crippen LogP contribution in [0.25, 0.3) is 6.08 Å². The lowest BCUT2D eigenvalue weighted by molar-refractivity contribution is 0.414. The van der Waals surface area contributed by atoms with Crippen LogP contribution in [0.5, 0.6) is 5.75 Å². The van der Waals surface area contributed by atoms with Crippen molar-refractivity contribution in [2.75, 3.05) is 7.11 Å². The Kier molecular flexibility index (Phi) is 5.47. The second-order valence-electron chi connectivity index (χ2n) is 5.84. The van der Waals surface area contributed by atoms with Crippen LogP contribution in [0.3, 0.4) is 0 Å². The van der Waals surface area contributed by atoms with E-state index in [1.165, 1.54) is 16.7 Å². The molecule has 0 aliphatic carbocycles. The number of benzene rings is 3. The van der Waals surface area contributed by atoms with Gasteiger partial charge in [-0.15, -0.1) is 0 Å². The van der Waals surface area contributed by atoms with Crippen molar-refractivity contribution in [2.24, 2.45) is 0 Å². The predicted molar refractivity (Wildman–Crippen MR) is 101 cm³/mol. The first-order valence-electron chi connectivity index (χ1n) is 8.26. The zero-order chi connectivity index (χ0) is 16.6. The average molecular weight is 314 g/mol. The number of hydrogen-bond acceptors (Lipinski definition) is 1. The molecule has 0 bridgehead atoms. The molecule has 0 spiro atoms. The molecule has 1 nitrogen and oxygen atoms in total. The van der Waals surface area contributed by atoms with Gasteiger partial charge in [-0.1, -0.05) is 84.9 Å². The van der Waals surface area contributed by atoms with Gasteiger partial charge in [-0.3, -0.25) is 0 Å². The van der Waals surface area contributed by atoms with Gasteiger partial charge in [-0.2, -0.15) is 0 Å². The standard InChI is InChI=1S/C23H22O/c1-24-23-16-13-20(14-17-23)18-22(21-10-6-3-7-11-21)15-12-19-8-4-2-5-9-19/h2-17,22H,18H2,1H3/b15-12+. The molecule has 24 heavy (non-hydrogen) atoms. The molecule has 3 aromatic carbocycles. The van der Waals surface area contributed by atoms with Gasteiger partial charge >= 0.3 is 0 Å². The molecule has 120 valence electrons. The zero-order valence-corrected chi connectivity index (χ0v) is 13.9. The van der Waals surface area contributed by atoms with Crippen molar-refractivity contribution >= 4 is 6.08 Å². The molecule has 0 N–H and O–H groups in total. The quantitative estimate of drug-likeness (QED) is 0.564. The summed E-state index contributed by atoms with van der Waals surface area (Å²) < 4.78 is 5.25. The molecule has 1 atom stereocenters. The minimum absolute atomic E-state index is 0.347. The number of rotatable bonds is 6. The van der Waals surface area contributed by atoms with E-state index in [0.717, 1.165) is 12.2 Å². The van der Waals surface area contributed by atoms with Gasteiger partial charge in [0, 0.05) is 5.92 Å². The molecule has 1 heteroatoms. The summed E-state index contributed by atoms with van der Waals surface area (Å²) in [7, 11) is 1.70. The van der Waals surface area contributed by atoms with Crippen LogP contribution in [-0.4, -0.2) is 7.11 Å². The van der Waals surface area contributed by atoms with Gasteiger partial charge < -0.3 is 4.74 Å². The van der Waals surface area contributed by atoms with E-state index in [0.29, 0.717) is 5.92 Å². The molecule has 1 unspecified atom stereocenters. The Hall–Kier alpha value is -2.80. The van der Waals surface area contributed by atoms with E-state index in [2.05, 4.69) is 78.9 Å². The molecule has 3 aromatic rings. The summed E-state index contributed by atoms with van der Waals surface area (Å²) in [6.45, 7) is 0. The molecular formula is C23H22O. The maximum atomic E-state index is 5.25. The molecule has 0 amide bonds. The summed E-state index contributed by atoms with van der Waals surface area (Å²) in [5, 5.41) is 0. The summed E-state index contributed by atoms with van der Waals surface area (Å²) in [5.74, 6) is 1.25. The van der Waals surface area contributed by atoms with Crippen molar-refractivity contribution in [3.05, 3.63) is 108 Å². The summed E-state index contributed by atoms with van der Waals surface area (Å²) >= 11 is 0. The topological polar surface area (TPSA) is 9.23 Å². The maximum Gasteiger partial charge on any atom is 0.118 e. The van der Waals surface area contributed by atoms with E-state index in [9.17, 15) is 0 Å². The second-order valence-corrected chi connectivity index (χ2v) is 5.84. The third-order valence-corrected chi connectivity index (χ3v) is 4.16. The first-order chi connectivity index (χ1) is 11.8. The van der Waals surface area contributed by atoms with Crippen molar-refractivity contribution < 1.29 is 4.74 Å². The van der Waals surface area contributed by atoms with E-state index in [1.54, 1.807) is 7.11 Å². The van der Waals surface area contributed by atoms with Crippen LogP contribution in [0, 0.1) is 0 Å². The number of hydrogen-bond donors (Lipinski definition) is 0. The van der Waals surface area contributed by atoms with Crippen LogP contribution in [-0.2, 0) is 6.42 Å². The number of ether oxygens (including phenoxy) is 1. The van der Waals surface area contributed by atoms with Gasteiger partial charge in [0.15, 0.2) is 0 Å². The molecule has 0 aliphatic rings. The van der Waals surface area contributed by atoms with E-state index >= 15 is 0 Å². The Morgan fingerprint density at radius 3 is 2.04 bits per heavy atom. The van der Waals surface area contributed by atoms with Crippen LogP contribution in [0.1, 0.15) is 22.6 Å². The first kappa shape index (κ1) is 16.1. The number of methoxy groups -OCH3 is 1. The SMILES string of the molecule is COc1ccc(CC(/C=C/c2ccccc2)c2ccccc2)cc1. The smallest absolute Gasteiger partial charge is 0.118 e. The van der Waals surface area contributed by atoms with Gasteiger partial charge in [0.1, 0.15) is 5.75 Å². The van der Waals surface area contributed by atoms with Crippen LogP contribution >= 0.6 is 0 Å². The largest absolute Gasteiger partial charge is 0.497 e. The molecule has 0 radical (unpaired) electrons. The molecule has 0 saturated carbocycles. The van der Waals surface area contributed by atoms with Crippen LogP contribution < -0.4 is 4.74 Å². The van der Waals surface area contributed by atoms with Crippen molar-refractivity contribution in [3.8, 4) is 5.75 Å². The monoisotopic (exact) mass is 314 g/mol. The Morgan fingerprint density at radius 1 is 0.792 bits per heavy atom. The fraction of sp³-hybridized carbons (Fsp3) is 0.130. The molecule has 0 aromatic heterocycles. The summed E-state index contributed by atoms with van der Waals surface area (Å²) in [5.41, 5.74) is 3.87. The predicted octanol–water partition coefficient (Wildman–Crippen LogP) is 5.73. The third-order valence-electron chi connectivity index (χ3n) is 4.16. The van der Waals surface area contributed by atoms with E-state index in [1.807, 2.05) is 18.2 Å². The van der Waals surface area contributed by atoms with Crippen molar-refractivity contribution in [1.82, 2.24) is 0 Å². The lowest BCUT2D eigenvalue weighted by Gasteiger charge is -2.14.